The van der Waals surface area contributed by atoms with Gasteiger partial charge in [-0.05, 0) is 44.0 Å². The van der Waals surface area contributed by atoms with Crippen LogP contribution < -0.4 is 10.7 Å². The molecule has 1 heterocycles. The monoisotopic (exact) mass is 404 g/mol. The molecule has 0 fully saturated rings. The molecule has 0 aliphatic carbocycles. The third-order valence-corrected chi connectivity index (χ3v) is 3.99. The van der Waals surface area contributed by atoms with Crippen molar-refractivity contribution >= 4 is 22.8 Å². The number of aromatic nitrogens is 1. The van der Waals surface area contributed by atoms with Crippen molar-refractivity contribution in [2.75, 3.05) is 5.32 Å². The van der Waals surface area contributed by atoms with Crippen molar-refractivity contribution in [2.24, 2.45) is 0 Å². The van der Waals surface area contributed by atoms with Crippen molar-refractivity contribution in [3.05, 3.63) is 64.3 Å². The Kier molecular flexibility index (Phi) is 5.13. The lowest BCUT2D eigenvalue weighted by Crippen LogP contribution is -2.28. The van der Waals surface area contributed by atoms with E-state index in [2.05, 4.69) is 10.3 Å². The number of anilines is 1. The van der Waals surface area contributed by atoms with E-state index in [1.807, 2.05) is 0 Å². The largest absolute Gasteiger partial charge is 0.444 e. The Morgan fingerprint density at radius 3 is 2.24 bits per heavy atom. The van der Waals surface area contributed by atoms with Gasteiger partial charge in [0, 0.05) is 11.5 Å². The summed E-state index contributed by atoms with van der Waals surface area (Å²) < 4.78 is 46.3. The van der Waals surface area contributed by atoms with Crippen molar-refractivity contribution < 1.29 is 22.7 Å². The first-order chi connectivity index (χ1) is 13.4. The average molecular weight is 404 g/mol. The number of hydrogen-bond donors (Lipinski definition) is 2. The van der Waals surface area contributed by atoms with E-state index >= 15 is 0 Å². The van der Waals surface area contributed by atoms with Crippen molar-refractivity contribution in [3.8, 4) is 11.1 Å². The van der Waals surface area contributed by atoms with Crippen LogP contribution >= 0.6 is 0 Å². The second-order valence-corrected chi connectivity index (χ2v) is 7.48. The molecular weight excluding hydrogens is 385 g/mol. The first-order valence-corrected chi connectivity index (χ1v) is 8.78. The van der Waals surface area contributed by atoms with Gasteiger partial charge in [0.2, 0.25) is 0 Å². The zero-order valence-corrected chi connectivity index (χ0v) is 16.0. The van der Waals surface area contributed by atoms with Crippen LogP contribution in [0.15, 0.2) is 53.3 Å². The van der Waals surface area contributed by atoms with Gasteiger partial charge in [0.15, 0.2) is 5.43 Å². The van der Waals surface area contributed by atoms with Crippen LogP contribution in [0.1, 0.15) is 26.3 Å². The quantitative estimate of drug-likeness (QED) is 0.587. The molecule has 5 nitrogen and oxygen atoms in total. The highest BCUT2D eigenvalue weighted by atomic mass is 19.4. The van der Waals surface area contributed by atoms with Gasteiger partial charge < -0.3 is 9.72 Å². The van der Waals surface area contributed by atoms with Gasteiger partial charge >= 0.3 is 12.3 Å². The van der Waals surface area contributed by atoms with Gasteiger partial charge in [-0.1, -0.05) is 30.3 Å². The summed E-state index contributed by atoms with van der Waals surface area (Å²) >= 11 is 0. The SMILES string of the molecule is CC(C)(C)OC(=O)Nc1cc(=O)c2cc(-c3ccccc3)cc(C(F)(F)F)c2[nH]1. The second kappa shape index (κ2) is 7.27. The average Bonchev–Trinajstić information content (AvgIpc) is 2.59. The molecule has 3 rings (SSSR count). The van der Waals surface area contributed by atoms with E-state index in [1.54, 1.807) is 51.1 Å². The van der Waals surface area contributed by atoms with Crippen LogP contribution in [0.3, 0.4) is 0 Å². The number of hydrogen-bond acceptors (Lipinski definition) is 3. The van der Waals surface area contributed by atoms with Crippen LogP contribution in [0.4, 0.5) is 23.8 Å². The molecule has 0 aliphatic rings. The number of nitrogens with one attached hydrogen (secondary N) is 2. The van der Waals surface area contributed by atoms with Gasteiger partial charge in [0.1, 0.15) is 11.4 Å². The molecule has 0 saturated heterocycles. The number of carbonyl (C=O) groups is 1. The summed E-state index contributed by atoms with van der Waals surface area (Å²) in [6.07, 6.45) is -5.60. The summed E-state index contributed by atoms with van der Waals surface area (Å²) in [5.74, 6) is -0.185. The molecule has 0 atom stereocenters. The molecule has 8 heteroatoms. The molecule has 152 valence electrons. The fourth-order valence-corrected chi connectivity index (χ4v) is 2.85. The minimum Gasteiger partial charge on any atom is -0.444 e. The lowest BCUT2D eigenvalue weighted by Gasteiger charge is -2.20. The number of fused-ring (bicyclic) bond motifs is 1. The Bertz CT molecular complexity index is 1110. The highest BCUT2D eigenvalue weighted by molar-refractivity contribution is 5.91. The Balaban J connectivity index is 2.15. The number of pyridine rings is 1. The smallest absolute Gasteiger partial charge is 0.418 e. The lowest BCUT2D eigenvalue weighted by molar-refractivity contribution is -0.136. The number of amides is 1. The first-order valence-electron chi connectivity index (χ1n) is 8.78. The second-order valence-electron chi connectivity index (χ2n) is 7.48. The number of benzene rings is 2. The zero-order chi connectivity index (χ0) is 21.4. The highest BCUT2D eigenvalue weighted by Gasteiger charge is 2.34. The molecule has 2 aromatic carbocycles. The van der Waals surface area contributed by atoms with Gasteiger partial charge in [0.05, 0.1) is 11.1 Å². The minimum atomic E-state index is -4.71. The van der Waals surface area contributed by atoms with E-state index < -0.39 is 34.4 Å². The number of alkyl halides is 3. The van der Waals surface area contributed by atoms with Crippen LogP contribution in [0.2, 0.25) is 0 Å². The zero-order valence-electron chi connectivity index (χ0n) is 16.0. The van der Waals surface area contributed by atoms with Crippen molar-refractivity contribution in [1.82, 2.24) is 4.98 Å². The molecular formula is C21H19F3N2O3. The van der Waals surface area contributed by atoms with Crippen LogP contribution in [0.25, 0.3) is 22.0 Å². The summed E-state index contributed by atoms with van der Waals surface area (Å²) in [7, 11) is 0. The summed E-state index contributed by atoms with van der Waals surface area (Å²) in [6.45, 7) is 4.92. The van der Waals surface area contributed by atoms with Crippen LogP contribution in [0.5, 0.6) is 0 Å². The highest BCUT2D eigenvalue weighted by Crippen LogP contribution is 2.37. The van der Waals surface area contributed by atoms with Gasteiger partial charge in [-0.25, -0.2) is 4.79 Å². The maximum Gasteiger partial charge on any atom is 0.418 e. The van der Waals surface area contributed by atoms with E-state index in [4.69, 9.17) is 4.74 Å². The van der Waals surface area contributed by atoms with Crippen LogP contribution in [-0.2, 0) is 10.9 Å². The molecule has 0 bridgehead atoms. The maximum atomic E-state index is 13.7. The molecule has 2 N–H and O–H groups in total. The Morgan fingerprint density at radius 1 is 1.00 bits per heavy atom. The third-order valence-electron chi connectivity index (χ3n) is 3.99. The van der Waals surface area contributed by atoms with E-state index in [-0.39, 0.29) is 16.8 Å². The fourth-order valence-electron chi connectivity index (χ4n) is 2.85. The Morgan fingerprint density at radius 2 is 1.66 bits per heavy atom. The van der Waals surface area contributed by atoms with Crippen molar-refractivity contribution in [3.63, 3.8) is 0 Å². The molecule has 0 saturated carbocycles. The van der Waals surface area contributed by atoms with Crippen LogP contribution in [0, 0.1) is 0 Å². The Labute approximate surface area is 164 Å². The topological polar surface area (TPSA) is 71.2 Å². The first kappa shape index (κ1) is 20.4. The molecule has 0 unspecified atom stereocenters. The van der Waals surface area contributed by atoms with Gasteiger partial charge in [0.25, 0.3) is 0 Å². The van der Waals surface area contributed by atoms with E-state index in [0.717, 1.165) is 12.1 Å². The molecule has 0 radical (unpaired) electrons. The summed E-state index contributed by atoms with van der Waals surface area (Å²) in [4.78, 5) is 27.0. The molecule has 29 heavy (non-hydrogen) atoms. The van der Waals surface area contributed by atoms with Crippen molar-refractivity contribution in [1.29, 1.82) is 0 Å². The lowest BCUT2D eigenvalue weighted by atomic mass is 9.99. The molecule has 1 amide bonds. The Hall–Kier alpha value is -3.29. The standard InChI is InChI=1S/C21H19F3N2O3/c1-20(2,3)29-19(28)26-17-11-16(27)14-9-13(12-7-5-4-6-8-12)10-15(18(14)25-17)21(22,23)24/h4-11H,1-3H3,(H2,25,26,27,28). The normalized spacial score (nSPS) is 12.1. The van der Waals surface area contributed by atoms with E-state index in [0.29, 0.717) is 5.56 Å². The van der Waals surface area contributed by atoms with Crippen molar-refractivity contribution in [2.45, 2.75) is 32.5 Å². The predicted octanol–water partition coefficient (Wildman–Crippen LogP) is 5.56. The van der Waals surface area contributed by atoms with Crippen LogP contribution in [-0.4, -0.2) is 16.7 Å². The van der Waals surface area contributed by atoms with E-state index in [1.165, 1.54) is 6.07 Å². The molecule has 0 spiro atoms. The third kappa shape index (κ3) is 4.77. The summed E-state index contributed by atoms with van der Waals surface area (Å²) in [6, 6.07) is 11.9. The number of H-pyrrole nitrogens is 1. The maximum absolute atomic E-state index is 13.7. The van der Waals surface area contributed by atoms with Gasteiger partial charge in [-0.2, -0.15) is 13.2 Å². The molecule has 1 aromatic heterocycles. The molecule has 3 aromatic rings. The minimum absolute atomic E-state index is 0.131. The number of carbonyl (C=O) groups excluding carboxylic acids is 1. The van der Waals surface area contributed by atoms with E-state index in [9.17, 15) is 22.8 Å². The number of ether oxygens (including phenoxy) is 1. The van der Waals surface area contributed by atoms with Gasteiger partial charge in [-0.15, -0.1) is 0 Å². The van der Waals surface area contributed by atoms with Gasteiger partial charge in [-0.3, -0.25) is 10.1 Å². The summed E-state index contributed by atoms with van der Waals surface area (Å²) in [5.41, 5.74) is -2.05. The predicted molar refractivity (Wildman–Crippen MR) is 105 cm³/mol. The number of rotatable bonds is 2. The fraction of sp³-hybridized carbons (Fsp3) is 0.238. The molecule has 0 aliphatic heterocycles. The number of halogens is 3. The number of aromatic amines is 1. The summed E-state index contributed by atoms with van der Waals surface area (Å²) in [5, 5.41) is 2.14.